The second-order valence-corrected chi connectivity index (χ2v) is 3.06. The molecule has 1 heterocycles. The van der Waals surface area contributed by atoms with Crippen molar-refractivity contribution in [2.75, 3.05) is 33.4 Å². The van der Waals surface area contributed by atoms with Crippen LogP contribution in [0.2, 0.25) is 0 Å². The van der Waals surface area contributed by atoms with Gasteiger partial charge in [0.1, 0.15) is 0 Å². The molecule has 0 aliphatic rings. The van der Waals surface area contributed by atoms with Crippen LogP contribution in [-0.2, 0) is 4.74 Å². The molecule has 1 aromatic heterocycles. The maximum atomic E-state index is 11.9. The van der Waals surface area contributed by atoms with Gasteiger partial charge in [0.2, 0.25) is 0 Å². The number of amides is 1. The van der Waals surface area contributed by atoms with Crippen molar-refractivity contribution in [3.63, 3.8) is 0 Å². The van der Waals surface area contributed by atoms with Crippen molar-refractivity contribution in [2.24, 2.45) is 5.73 Å². The summed E-state index contributed by atoms with van der Waals surface area (Å²) in [5, 5.41) is 6.33. The first-order valence-corrected chi connectivity index (χ1v) is 4.76. The SMILES string of the molecule is COCCN(CCN)C(=O)c1cn[nH]c1. The third kappa shape index (κ3) is 3.34. The average molecular weight is 212 g/mol. The maximum Gasteiger partial charge on any atom is 0.257 e. The van der Waals surface area contributed by atoms with E-state index in [9.17, 15) is 4.79 Å². The Labute approximate surface area is 88.4 Å². The Bertz CT molecular complexity index is 286. The molecule has 1 aromatic rings. The summed E-state index contributed by atoms with van der Waals surface area (Å²) >= 11 is 0. The molecule has 0 radical (unpaired) electrons. The van der Waals surface area contributed by atoms with Gasteiger partial charge in [-0.15, -0.1) is 0 Å². The van der Waals surface area contributed by atoms with Crippen molar-refractivity contribution >= 4 is 5.91 Å². The first-order chi connectivity index (χ1) is 7.29. The Morgan fingerprint density at radius 2 is 2.47 bits per heavy atom. The first-order valence-electron chi connectivity index (χ1n) is 4.76. The van der Waals surface area contributed by atoms with Crippen LogP contribution in [0, 0.1) is 0 Å². The molecular weight excluding hydrogens is 196 g/mol. The van der Waals surface area contributed by atoms with E-state index in [0.29, 0.717) is 31.8 Å². The molecule has 0 spiro atoms. The second-order valence-electron chi connectivity index (χ2n) is 3.06. The summed E-state index contributed by atoms with van der Waals surface area (Å²) < 4.78 is 4.93. The highest BCUT2D eigenvalue weighted by molar-refractivity contribution is 5.93. The summed E-state index contributed by atoms with van der Waals surface area (Å²) in [6, 6.07) is 0. The zero-order chi connectivity index (χ0) is 11.1. The van der Waals surface area contributed by atoms with Crippen LogP contribution >= 0.6 is 0 Å². The van der Waals surface area contributed by atoms with Crippen LogP contribution < -0.4 is 5.73 Å². The molecule has 0 saturated carbocycles. The molecule has 0 saturated heterocycles. The van der Waals surface area contributed by atoms with Crippen LogP contribution in [-0.4, -0.2) is 54.4 Å². The molecule has 0 aliphatic carbocycles. The quantitative estimate of drug-likeness (QED) is 0.663. The van der Waals surface area contributed by atoms with Crippen molar-refractivity contribution in [2.45, 2.75) is 0 Å². The van der Waals surface area contributed by atoms with E-state index in [4.69, 9.17) is 10.5 Å². The summed E-state index contributed by atoms with van der Waals surface area (Å²) in [5.41, 5.74) is 5.98. The normalized spacial score (nSPS) is 10.3. The van der Waals surface area contributed by atoms with Gasteiger partial charge in [-0.3, -0.25) is 9.89 Å². The number of methoxy groups -OCH3 is 1. The van der Waals surface area contributed by atoms with Gasteiger partial charge in [-0.05, 0) is 0 Å². The van der Waals surface area contributed by atoms with Crippen LogP contribution in [0.4, 0.5) is 0 Å². The van der Waals surface area contributed by atoms with Crippen LogP contribution in [0.5, 0.6) is 0 Å². The number of hydrogen-bond acceptors (Lipinski definition) is 4. The third-order valence-electron chi connectivity index (χ3n) is 2.00. The van der Waals surface area contributed by atoms with E-state index in [-0.39, 0.29) is 5.91 Å². The number of aromatic nitrogens is 2. The number of carbonyl (C=O) groups is 1. The van der Waals surface area contributed by atoms with Crippen LogP contribution in [0.25, 0.3) is 0 Å². The first kappa shape index (κ1) is 11.7. The number of hydrogen-bond donors (Lipinski definition) is 2. The lowest BCUT2D eigenvalue weighted by Gasteiger charge is -2.20. The Morgan fingerprint density at radius 3 is 3.00 bits per heavy atom. The van der Waals surface area contributed by atoms with E-state index >= 15 is 0 Å². The van der Waals surface area contributed by atoms with Crippen LogP contribution in [0.1, 0.15) is 10.4 Å². The fraction of sp³-hybridized carbons (Fsp3) is 0.556. The van der Waals surface area contributed by atoms with Crippen molar-refractivity contribution in [3.8, 4) is 0 Å². The molecule has 1 amide bonds. The average Bonchev–Trinajstić information content (AvgIpc) is 2.76. The van der Waals surface area contributed by atoms with Gasteiger partial charge in [0, 0.05) is 32.9 Å². The Kier molecular flexibility index (Phi) is 4.79. The molecule has 0 aliphatic heterocycles. The molecule has 15 heavy (non-hydrogen) atoms. The number of nitrogens with one attached hydrogen (secondary N) is 1. The van der Waals surface area contributed by atoms with E-state index in [1.165, 1.54) is 6.20 Å². The largest absolute Gasteiger partial charge is 0.383 e. The smallest absolute Gasteiger partial charge is 0.257 e. The fourth-order valence-electron chi connectivity index (χ4n) is 1.22. The second kappa shape index (κ2) is 6.15. The molecular formula is C9H16N4O2. The summed E-state index contributed by atoms with van der Waals surface area (Å²) in [4.78, 5) is 13.5. The highest BCUT2D eigenvalue weighted by atomic mass is 16.5. The highest BCUT2D eigenvalue weighted by Gasteiger charge is 2.15. The Hall–Kier alpha value is -1.40. The predicted octanol–water partition coefficient (Wildman–Crippen LogP) is -0.543. The van der Waals surface area contributed by atoms with E-state index in [1.807, 2.05) is 0 Å². The molecule has 0 aromatic carbocycles. The zero-order valence-electron chi connectivity index (χ0n) is 8.77. The summed E-state index contributed by atoms with van der Waals surface area (Å²) in [6.07, 6.45) is 3.07. The monoisotopic (exact) mass is 212 g/mol. The molecule has 0 fully saturated rings. The molecule has 3 N–H and O–H groups in total. The molecule has 1 rings (SSSR count). The minimum absolute atomic E-state index is 0.0775. The number of nitrogens with two attached hydrogens (primary N) is 1. The number of aromatic amines is 1. The minimum Gasteiger partial charge on any atom is -0.383 e. The molecule has 0 atom stereocenters. The number of H-pyrrole nitrogens is 1. The summed E-state index contributed by atoms with van der Waals surface area (Å²) in [6.45, 7) is 2.00. The standard InChI is InChI=1S/C9H16N4O2/c1-15-5-4-13(3-2-10)9(14)8-6-11-12-7-8/h6-7H,2-5,10H2,1H3,(H,11,12). The Morgan fingerprint density at radius 1 is 1.67 bits per heavy atom. The van der Waals surface area contributed by atoms with Gasteiger partial charge in [0.05, 0.1) is 18.4 Å². The maximum absolute atomic E-state index is 11.9. The van der Waals surface area contributed by atoms with Crippen molar-refractivity contribution < 1.29 is 9.53 Å². The summed E-state index contributed by atoms with van der Waals surface area (Å²) in [7, 11) is 1.60. The van der Waals surface area contributed by atoms with E-state index in [1.54, 1.807) is 18.2 Å². The van der Waals surface area contributed by atoms with Gasteiger partial charge in [-0.25, -0.2) is 0 Å². The van der Waals surface area contributed by atoms with Gasteiger partial charge in [-0.1, -0.05) is 0 Å². The molecule has 6 nitrogen and oxygen atoms in total. The number of rotatable bonds is 6. The van der Waals surface area contributed by atoms with Crippen molar-refractivity contribution in [1.82, 2.24) is 15.1 Å². The Balaban J connectivity index is 2.58. The fourth-order valence-corrected chi connectivity index (χ4v) is 1.22. The van der Waals surface area contributed by atoms with Crippen LogP contribution in [0.15, 0.2) is 12.4 Å². The lowest BCUT2D eigenvalue weighted by atomic mass is 10.3. The van der Waals surface area contributed by atoms with Gasteiger partial charge in [-0.2, -0.15) is 5.10 Å². The lowest BCUT2D eigenvalue weighted by Crippen LogP contribution is -2.37. The predicted molar refractivity (Wildman–Crippen MR) is 55.4 cm³/mol. The number of nitrogens with zero attached hydrogens (tertiary/aromatic N) is 2. The molecule has 0 bridgehead atoms. The third-order valence-corrected chi connectivity index (χ3v) is 2.00. The summed E-state index contributed by atoms with van der Waals surface area (Å²) in [5.74, 6) is -0.0775. The van der Waals surface area contributed by atoms with Gasteiger partial charge in [0.15, 0.2) is 0 Å². The van der Waals surface area contributed by atoms with E-state index in [0.717, 1.165) is 0 Å². The van der Waals surface area contributed by atoms with Gasteiger partial charge >= 0.3 is 0 Å². The number of carbonyl (C=O) groups excluding carboxylic acids is 1. The highest BCUT2D eigenvalue weighted by Crippen LogP contribution is 2.01. The lowest BCUT2D eigenvalue weighted by molar-refractivity contribution is 0.0701. The van der Waals surface area contributed by atoms with Crippen LogP contribution in [0.3, 0.4) is 0 Å². The molecule has 6 heteroatoms. The van der Waals surface area contributed by atoms with Gasteiger partial charge < -0.3 is 15.4 Å². The molecule has 0 unspecified atom stereocenters. The van der Waals surface area contributed by atoms with E-state index < -0.39 is 0 Å². The van der Waals surface area contributed by atoms with Crippen molar-refractivity contribution in [3.05, 3.63) is 18.0 Å². The van der Waals surface area contributed by atoms with E-state index in [2.05, 4.69) is 10.2 Å². The van der Waals surface area contributed by atoms with Gasteiger partial charge in [0.25, 0.3) is 5.91 Å². The number of ether oxygens (including phenoxy) is 1. The molecule has 84 valence electrons. The zero-order valence-corrected chi connectivity index (χ0v) is 8.77. The topological polar surface area (TPSA) is 84.2 Å². The van der Waals surface area contributed by atoms with Crippen molar-refractivity contribution in [1.29, 1.82) is 0 Å². The minimum atomic E-state index is -0.0775.